The lowest BCUT2D eigenvalue weighted by molar-refractivity contribution is -0.137. The Labute approximate surface area is 209 Å². The molecule has 0 atom stereocenters. The van der Waals surface area contributed by atoms with Gasteiger partial charge in [-0.05, 0) is 62.3 Å². The molecule has 2 heterocycles. The Hall–Kier alpha value is -2.95. The number of hydrogen-bond acceptors (Lipinski definition) is 5. The second-order valence-corrected chi connectivity index (χ2v) is 9.66. The molecule has 0 bridgehead atoms. The van der Waals surface area contributed by atoms with E-state index in [1.54, 1.807) is 6.20 Å². The van der Waals surface area contributed by atoms with Crippen molar-refractivity contribution >= 4 is 45.4 Å². The number of rotatable bonds is 6. The van der Waals surface area contributed by atoms with E-state index in [1.165, 1.54) is 54.9 Å². The van der Waals surface area contributed by atoms with E-state index < -0.39 is 23.6 Å². The number of likely N-dealkylation sites (tertiary alicyclic amines) is 1. The number of hydrogen-bond donors (Lipinski definition) is 2. The van der Waals surface area contributed by atoms with Crippen LogP contribution in [-0.2, 0) is 12.7 Å². The maximum Gasteiger partial charge on any atom is 0.416 e. The van der Waals surface area contributed by atoms with E-state index in [4.69, 9.17) is 11.6 Å². The molecule has 0 unspecified atom stereocenters. The Morgan fingerprint density at radius 1 is 1.03 bits per heavy atom. The van der Waals surface area contributed by atoms with Crippen LogP contribution >= 0.6 is 22.9 Å². The van der Waals surface area contributed by atoms with Gasteiger partial charge in [0.05, 0.1) is 28.9 Å². The zero-order chi connectivity index (χ0) is 25.0. The van der Waals surface area contributed by atoms with Crippen LogP contribution in [0.25, 0.3) is 0 Å². The minimum atomic E-state index is -4.56. The van der Waals surface area contributed by atoms with E-state index in [9.17, 15) is 22.8 Å². The van der Waals surface area contributed by atoms with Crippen molar-refractivity contribution in [1.29, 1.82) is 0 Å². The van der Waals surface area contributed by atoms with Crippen molar-refractivity contribution < 1.29 is 22.8 Å². The number of halogens is 4. The third kappa shape index (κ3) is 6.59. The Morgan fingerprint density at radius 2 is 1.80 bits per heavy atom. The highest BCUT2D eigenvalue weighted by Crippen LogP contribution is 2.30. The Balaban J connectivity index is 1.42. The second kappa shape index (κ2) is 10.8. The largest absolute Gasteiger partial charge is 0.416 e. The van der Waals surface area contributed by atoms with Crippen molar-refractivity contribution in [2.24, 2.45) is 0 Å². The molecule has 0 radical (unpaired) electrons. The van der Waals surface area contributed by atoms with E-state index in [0.29, 0.717) is 5.00 Å². The number of piperidine rings is 1. The zero-order valence-electron chi connectivity index (χ0n) is 18.5. The summed E-state index contributed by atoms with van der Waals surface area (Å²) in [6, 6.07) is 8.37. The molecule has 11 heteroatoms. The average molecular weight is 523 g/mol. The number of thiazole rings is 1. The van der Waals surface area contributed by atoms with Gasteiger partial charge in [-0.25, -0.2) is 4.98 Å². The van der Waals surface area contributed by atoms with Crippen molar-refractivity contribution in [3.8, 4) is 0 Å². The van der Waals surface area contributed by atoms with Crippen LogP contribution in [0.1, 0.15) is 50.5 Å². The summed E-state index contributed by atoms with van der Waals surface area (Å²) < 4.78 is 38.8. The van der Waals surface area contributed by atoms with Crippen LogP contribution in [0, 0.1) is 0 Å². The lowest BCUT2D eigenvalue weighted by atomic mass is 10.1. The minimum absolute atomic E-state index is 0.111. The Bertz CT molecular complexity index is 1230. The summed E-state index contributed by atoms with van der Waals surface area (Å²) >= 11 is 7.58. The Morgan fingerprint density at radius 3 is 2.54 bits per heavy atom. The van der Waals surface area contributed by atoms with Crippen molar-refractivity contribution in [2.75, 3.05) is 23.7 Å². The number of amides is 2. The van der Waals surface area contributed by atoms with Crippen molar-refractivity contribution in [3.63, 3.8) is 0 Å². The molecule has 6 nitrogen and oxygen atoms in total. The molecular weight excluding hydrogens is 501 g/mol. The SMILES string of the molecule is O=C(Nc1ccc(Cl)c(C(=O)Nc2cnc(CN3CCCCC3)s2)c1)c1cccc(C(F)(F)F)c1. The monoisotopic (exact) mass is 522 g/mol. The van der Waals surface area contributed by atoms with Crippen LogP contribution in [-0.4, -0.2) is 34.8 Å². The standard InChI is InChI=1S/C24H22ClF3N4O2S/c25-19-8-7-17(30-22(33)15-5-4-6-16(11-15)24(26,27)28)12-18(19)23(34)31-20-13-29-21(35-20)14-32-9-2-1-3-10-32/h4-8,11-13H,1-3,9-10,14H2,(H,30,33)(H,31,34). The molecule has 0 spiro atoms. The minimum Gasteiger partial charge on any atom is -0.322 e. The molecule has 1 fully saturated rings. The lowest BCUT2D eigenvalue weighted by Crippen LogP contribution is -2.28. The highest BCUT2D eigenvalue weighted by atomic mass is 35.5. The van der Waals surface area contributed by atoms with E-state index in [2.05, 4.69) is 20.5 Å². The van der Waals surface area contributed by atoms with Gasteiger partial charge in [0.25, 0.3) is 11.8 Å². The summed E-state index contributed by atoms with van der Waals surface area (Å²) in [7, 11) is 0. The van der Waals surface area contributed by atoms with Crippen LogP contribution < -0.4 is 10.6 Å². The number of alkyl halides is 3. The molecule has 2 aromatic carbocycles. The maximum absolute atomic E-state index is 12.9. The van der Waals surface area contributed by atoms with E-state index in [0.717, 1.165) is 42.8 Å². The first-order valence-electron chi connectivity index (χ1n) is 11.0. The van der Waals surface area contributed by atoms with E-state index >= 15 is 0 Å². The summed E-state index contributed by atoms with van der Waals surface area (Å²) in [4.78, 5) is 32.0. The topological polar surface area (TPSA) is 74.3 Å². The predicted octanol–water partition coefficient (Wildman–Crippen LogP) is 6.31. The molecule has 1 saturated heterocycles. The van der Waals surface area contributed by atoms with Gasteiger partial charge < -0.3 is 10.6 Å². The third-order valence-corrected chi connectivity index (χ3v) is 6.75. The predicted molar refractivity (Wildman–Crippen MR) is 130 cm³/mol. The smallest absolute Gasteiger partial charge is 0.322 e. The van der Waals surface area contributed by atoms with Gasteiger partial charge in [-0.3, -0.25) is 14.5 Å². The highest BCUT2D eigenvalue weighted by molar-refractivity contribution is 7.15. The maximum atomic E-state index is 12.9. The molecule has 1 aromatic heterocycles. The molecule has 0 aliphatic carbocycles. The summed E-state index contributed by atoms with van der Waals surface area (Å²) in [5.41, 5.74) is -0.756. The van der Waals surface area contributed by atoms with E-state index in [1.807, 2.05) is 0 Å². The molecule has 4 rings (SSSR count). The van der Waals surface area contributed by atoms with Crippen molar-refractivity contribution in [3.05, 3.63) is 75.4 Å². The molecule has 3 aromatic rings. The molecule has 1 aliphatic rings. The van der Waals surface area contributed by atoms with Gasteiger partial charge in [-0.15, -0.1) is 0 Å². The molecule has 1 aliphatic heterocycles. The molecule has 0 saturated carbocycles. The number of carbonyl (C=O) groups is 2. The molecule has 2 N–H and O–H groups in total. The normalized spacial score (nSPS) is 14.5. The van der Waals surface area contributed by atoms with E-state index in [-0.39, 0.29) is 21.8 Å². The first-order chi connectivity index (χ1) is 16.7. The zero-order valence-corrected chi connectivity index (χ0v) is 20.1. The Kier molecular flexibility index (Phi) is 7.73. The summed E-state index contributed by atoms with van der Waals surface area (Å²) in [6.07, 6.45) is 0.624. The van der Waals surface area contributed by atoms with Crippen molar-refractivity contribution in [2.45, 2.75) is 32.0 Å². The number of anilines is 2. The van der Waals surface area contributed by atoms with Gasteiger partial charge in [0, 0.05) is 11.3 Å². The molecule has 184 valence electrons. The van der Waals surface area contributed by atoms with Crippen LogP contribution in [0.3, 0.4) is 0 Å². The first kappa shape index (κ1) is 25.2. The van der Waals surface area contributed by atoms with Gasteiger partial charge in [-0.2, -0.15) is 13.2 Å². The van der Waals surface area contributed by atoms with Crippen LogP contribution in [0.4, 0.5) is 23.9 Å². The number of benzene rings is 2. The van der Waals surface area contributed by atoms with Crippen LogP contribution in [0.5, 0.6) is 0 Å². The van der Waals surface area contributed by atoms with Gasteiger partial charge in [-0.1, -0.05) is 35.4 Å². The second-order valence-electron chi connectivity index (χ2n) is 8.14. The fourth-order valence-corrected chi connectivity index (χ4v) is 4.81. The van der Waals surface area contributed by atoms with Gasteiger partial charge >= 0.3 is 6.18 Å². The van der Waals surface area contributed by atoms with Crippen molar-refractivity contribution in [1.82, 2.24) is 9.88 Å². The highest BCUT2D eigenvalue weighted by Gasteiger charge is 2.31. The molecule has 2 amide bonds. The fourth-order valence-electron chi connectivity index (χ4n) is 3.75. The lowest BCUT2D eigenvalue weighted by Gasteiger charge is -2.25. The number of nitrogens with zero attached hydrogens (tertiary/aromatic N) is 2. The molecular formula is C24H22ClF3N4O2S. The van der Waals surface area contributed by atoms with Gasteiger partial charge in [0.2, 0.25) is 0 Å². The third-order valence-electron chi connectivity index (χ3n) is 5.52. The molecule has 35 heavy (non-hydrogen) atoms. The average Bonchev–Trinajstić information content (AvgIpc) is 3.27. The summed E-state index contributed by atoms with van der Waals surface area (Å²) in [5.74, 6) is -1.23. The van der Waals surface area contributed by atoms with Gasteiger partial charge in [0.15, 0.2) is 0 Å². The number of carbonyl (C=O) groups excluding carboxylic acids is 2. The fraction of sp³-hybridized carbons (Fsp3) is 0.292. The summed E-state index contributed by atoms with van der Waals surface area (Å²) in [5, 5.41) is 6.91. The van der Waals surface area contributed by atoms with Crippen LogP contribution in [0.2, 0.25) is 5.02 Å². The summed E-state index contributed by atoms with van der Waals surface area (Å²) in [6.45, 7) is 2.81. The number of nitrogens with one attached hydrogen (secondary N) is 2. The quantitative estimate of drug-likeness (QED) is 0.398. The van der Waals surface area contributed by atoms with Crippen LogP contribution in [0.15, 0.2) is 48.7 Å². The van der Waals surface area contributed by atoms with Gasteiger partial charge in [0.1, 0.15) is 10.0 Å². The first-order valence-corrected chi connectivity index (χ1v) is 12.1. The number of aromatic nitrogens is 1.